The number of ketones is 1. The number of nitrogens with one attached hydrogen (secondary N) is 1. The molecule has 0 saturated heterocycles. The first-order chi connectivity index (χ1) is 13.3. The SMILES string of the molecule is O=C(c1ccc(-c2ccccc2)cc1)c1nccc2c1[nH]c1ccccc12. The van der Waals surface area contributed by atoms with Crippen molar-refractivity contribution in [3.8, 4) is 11.1 Å². The molecule has 0 fully saturated rings. The maximum atomic E-state index is 13.1. The maximum absolute atomic E-state index is 13.1. The second kappa shape index (κ2) is 6.22. The fourth-order valence-corrected chi connectivity index (χ4v) is 3.53. The Morgan fingerprint density at radius 3 is 2.22 bits per heavy atom. The average molecular weight is 348 g/mol. The Morgan fingerprint density at radius 2 is 1.41 bits per heavy atom. The van der Waals surface area contributed by atoms with Gasteiger partial charge in [-0.1, -0.05) is 72.8 Å². The minimum Gasteiger partial charge on any atom is -0.353 e. The molecule has 2 aromatic heterocycles. The summed E-state index contributed by atoms with van der Waals surface area (Å²) in [6.07, 6.45) is 1.70. The van der Waals surface area contributed by atoms with Crippen LogP contribution in [0.15, 0.2) is 91.1 Å². The van der Waals surface area contributed by atoms with Crippen molar-refractivity contribution in [3.63, 3.8) is 0 Å². The smallest absolute Gasteiger partial charge is 0.213 e. The van der Waals surface area contributed by atoms with Gasteiger partial charge in [-0.3, -0.25) is 9.78 Å². The van der Waals surface area contributed by atoms with Crippen molar-refractivity contribution in [2.45, 2.75) is 0 Å². The molecule has 0 aliphatic rings. The van der Waals surface area contributed by atoms with Crippen LogP contribution >= 0.6 is 0 Å². The molecule has 5 rings (SSSR count). The van der Waals surface area contributed by atoms with Crippen molar-refractivity contribution in [3.05, 3.63) is 102 Å². The normalized spacial score (nSPS) is 11.1. The molecule has 3 heteroatoms. The van der Waals surface area contributed by atoms with E-state index in [2.05, 4.69) is 28.2 Å². The van der Waals surface area contributed by atoms with Crippen LogP contribution in [0.4, 0.5) is 0 Å². The molecule has 0 bridgehead atoms. The van der Waals surface area contributed by atoms with Gasteiger partial charge in [-0.05, 0) is 23.3 Å². The molecule has 0 amide bonds. The molecule has 0 aliphatic heterocycles. The van der Waals surface area contributed by atoms with E-state index < -0.39 is 0 Å². The third-order valence-electron chi connectivity index (χ3n) is 4.90. The molecule has 128 valence electrons. The minimum absolute atomic E-state index is 0.0771. The molecule has 2 heterocycles. The van der Waals surface area contributed by atoms with Gasteiger partial charge >= 0.3 is 0 Å². The number of rotatable bonds is 3. The Hall–Kier alpha value is -3.72. The Labute approximate surface area is 156 Å². The van der Waals surface area contributed by atoms with Gasteiger partial charge in [0.15, 0.2) is 0 Å². The van der Waals surface area contributed by atoms with E-state index in [4.69, 9.17) is 0 Å². The molecular weight excluding hydrogens is 332 g/mol. The van der Waals surface area contributed by atoms with E-state index in [-0.39, 0.29) is 5.78 Å². The standard InChI is InChI=1S/C24H16N2O/c27-24(18-12-10-17(11-13-18)16-6-2-1-3-7-16)23-22-20(14-15-25-23)19-8-4-5-9-21(19)26-22/h1-15,26H. The lowest BCUT2D eigenvalue weighted by Crippen LogP contribution is -2.04. The summed E-state index contributed by atoms with van der Waals surface area (Å²) in [5, 5.41) is 2.12. The molecule has 27 heavy (non-hydrogen) atoms. The predicted octanol–water partition coefficient (Wildman–Crippen LogP) is 5.61. The summed E-state index contributed by atoms with van der Waals surface area (Å²) in [6, 6.07) is 27.8. The van der Waals surface area contributed by atoms with E-state index in [0.717, 1.165) is 32.9 Å². The molecule has 0 saturated carbocycles. The van der Waals surface area contributed by atoms with Gasteiger partial charge < -0.3 is 4.98 Å². The van der Waals surface area contributed by atoms with E-state index in [9.17, 15) is 4.79 Å². The highest BCUT2D eigenvalue weighted by Gasteiger charge is 2.17. The van der Waals surface area contributed by atoms with Gasteiger partial charge in [0.05, 0.1) is 5.52 Å². The first-order valence-corrected chi connectivity index (χ1v) is 8.87. The summed E-state index contributed by atoms with van der Waals surface area (Å²) < 4.78 is 0. The van der Waals surface area contributed by atoms with Crippen LogP contribution in [0.1, 0.15) is 16.1 Å². The number of fused-ring (bicyclic) bond motifs is 3. The highest BCUT2D eigenvalue weighted by atomic mass is 16.1. The molecule has 0 spiro atoms. The van der Waals surface area contributed by atoms with Crippen LogP contribution in [-0.2, 0) is 0 Å². The number of carbonyl (C=O) groups excluding carboxylic acids is 1. The quantitative estimate of drug-likeness (QED) is 0.431. The Kier molecular flexibility index (Phi) is 3.58. The van der Waals surface area contributed by atoms with E-state index in [1.807, 2.05) is 66.7 Å². The Morgan fingerprint density at radius 1 is 0.704 bits per heavy atom. The average Bonchev–Trinajstić information content (AvgIpc) is 3.13. The number of H-pyrrole nitrogens is 1. The third kappa shape index (κ3) is 2.61. The van der Waals surface area contributed by atoms with Crippen molar-refractivity contribution in [1.82, 2.24) is 9.97 Å². The highest BCUT2D eigenvalue weighted by Crippen LogP contribution is 2.28. The largest absolute Gasteiger partial charge is 0.353 e. The molecule has 0 atom stereocenters. The van der Waals surface area contributed by atoms with Gasteiger partial charge in [0.2, 0.25) is 5.78 Å². The number of hydrogen-bond donors (Lipinski definition) is 1. The summed E-state index contributed by atoms with van der Waals surface area (Å²) in [7, 11) is 0. The van der Waals surface area contributed by atoms with Gasteiger partial charge in [0.1, 0.15) is 5.69 Å². The fraction of sp³-hybridized carbons (Fsp3) is 0. The van der Waals surface area contributed by atoms with Gasteiger partial charge in [-0.15, -0.1) is 0 Å². The third-order valence-corrected chi connectivity index (χ3v) is 4.90. The van der Waals surface area contributed by atoms with Crippen molar-refractivity contribution >= 4 is 27.6 Å². The van der Waals surface area contributed by atoms with Crippen LogP contribution in [0, 0.1) is 0 Å². The lowest BCUT2D eigenvalue weighted by atomic mass is 10.0. The van der Waals surface area contributed by atoms with E-state index in [1.54, 1.807) is 6.20 Å². The molecule has 5 aromatic rings. The topological polar surface area (TPSA) is 45.8 Å². The number of pyridine rings is 1. The van der Waals surface area contributed by atoms with Crippen LogP contribution in [0.25, 0.3) is 32.9 Å². The molecule has 0 unspecified atom stereocenters. The number of nitrogens with zero attached hydrogens (tertiary/aromatic N) is 1. The number of para-hydroxylation sites is 1. The number of aromatic nitrogens is 2. The van der Waals surface area contributed by atoms with Crippen molar-refractivity contribution in [2.75, 3.05) is 0 Å². The summed E-state index contributed by atoms with van der Waals surface area (Å²) in [6.45, 7) is 0. The summed E-state index contributed by atoms with van der Waals surface area (Å²) in [5.41, 5.74) is 5.10. The molecule has 1 N–H and O–H groups in total. The van der Waals surface area contributed by atoms with Gasteiger partial charge in [0, 0.05) is 28.0 Å². The maximum Gasteiger partial charge on any atom is 0.213 e. The van der Waals surface area contributed by atoms with Crippen LogP contribution < -0.4 is 0 Å². The van der Waals surface area contributed by atoms with E-state index in [0.29, 0.717) is 11.3 Å². The number of hydrogen-bond acceptors (Lipinski definition) is 2. The van der Waals surface area contributed by atoms with E-state index in [1.165, 1.54) is 0 Å². The van der Waals surface area contributed by atoms with Gasteiger partial charge in [0.25, 0.3) is 0 Å². The number of carbonyl (C=O) groups is 1. The summed E-state index contributed by atoms with van der Waals surface area (Å²) in [4.78, 5) is 20.8. The van der Waals surface area contributed by atoms with Crippen LogP contribution in [0.3, 0.4) is 0 Å². The lowest BCUT2D eigenvalue weighted by Gasteiger charge is -2.05. The van der Waals surface area contributed by atoms with Crippen molar-refractivity contribution < 1.29 is 4.79 Å². The van der Waals surface area contributed by atoms with Crippen LogP contribution in [0.2, 0.25) is 0 Å². The predicted molar refractivity (Wildman–Crippen MR) is 109 cm³/mol. The molecule has 3 nitrogen and oxygen atoms in total. The second-order valence-electron chi connectivity index (χ2n) is 6.53. The summed E-state index contributed by atoms with van der Waals surface area (Å²) in [5.74, 6) is -0.0771. The van der Waals surface area contributed by atoms with Gasteiger partial charge in [-0.2, -0.15) is 0 Å². The molecule has 3 aromatic carbocycles. The number of benzene rings is 3. The summed E-state index contributed by atoms with van der Waals surface area (Å²) >= 11 is 0. The molecular formula is C24H16N2O. The second-order valence-corrected chi connectivity index (χ2v) is 6.53. The monoisotopic (exact) mass is 348 g/mol. The number of aromatic amines is 1. The zero-order chi connectivity index (χ0) is 18.2. The van der Waals surface area contributed by atoms with Crippen molar-refractivity contribution in [2.24, 2.45) is 0 Å². The molecule has 0 radical (unpaired) electrons. The van der Waals surface area contributed by atoms with Gasteiger partial charge in [-0.25, -0.2) is 0 Å². The first kappa shape index (κ1) is 15.5. The van der Waals surface area contributed by atoms with Crippen LogP contribution in [-0.4, -0.2) is 15.8 Å². The first-order valence-electron chi connectivity index (χ1n) is 8.87. The Balaban J connectivity index is 1.58. The minimum atomic E-state index is -0.0771. The molecule has 0 aliphatic carbocycles. The zero-order valence-electron chi connectivity index (χ0n) is 14.5. The van der Waals surface area contributed by atoms with E-state index >= 15 is 0 Å². The highest BCUT2D eigenvalue weighted by molar-refractivity contribution is 6.18. The lowest BCUT2D eigenvalue weighted by molar-refractivity contribution is 0.103. The zero-order valence-corrected chi connectivity index (χ0v) is 14.5. The van der Waals surface area contributed by atoms with Crippen molar-refractivity contribution in [1.29, 1.82) is 0 Å². The van der Waals surface area contributed by atoms with Crippen LogP contribution in [0.5, 0.6) is 0 Å². The Bertz CT molecular complexity index is 1270. The fourth-order valence-electron chi connectivity index (χ4n) is 3.53.